The molecule has 2 heterocycles. The molecule has 2 fully saturated rings. The number of hydrogen-bond donors (Lipinski definition) is 2. The molecule has 8 heteroatoms. The molecule has 152 valence electrons. The van der Waals surface area contributed by atoms with Gasteiger partial charge < -0.3 is 14.6 Å². The normalized spacial score (nSPS) is 26.5. The van der Waals surface area contributed by atoms with Gasteiger partial charge in [0.25, 0.3) is 0 Å². The fourth-order valence-electron chi connectivity index (χ4n) is 4.23. The van der Waals surface area contributed by atoms with Crippen molar-refractivity contribution in [2.45, 2.75) is 49.6 Å². The molecule has 1 saturated carbocycles. The maximum atomic E-state index is 12.8. The summed E-state index contributed by atoms with van der Waals surface area (Å²) in [5.41, 5.74) is 0.803. The zero-order chi connectivity index (χ0) is 19.7. The van der Waals surface area contributed by atoms with E-state index in [2.05, 4.69) is 9.71 Å². The van der Waals surface area contributed by atoms with Crippen molar-refractivity contribution in [2.24, 2.45) is 5.92 Å². The van der Waals surface area contributed by atoms with Gasteiger partial charge in [0, 0.05) is 30.2 Å². The van der Waals surface area contributed by atoms with Crippen molar-refractivity contribution in [2.75, 3.05) is 19.8 Å². The first-order valence-electron chi connectivity index (χ1n) is 9.92. The van der Waals surface area contributed by atoms with Gasteiger partial charge in [-0.25, -0.2) is 13.1 Å². The van der Waals surface area contributed by atoms with Crippen LogP contribution in [0.25, 0.3) is 10.9 Å². The molecule has 1 aromatic carbocycles. The molecule has 2 aromatic rings. The molecule has 7 nitrogen and oxygen atoms in total. The van der Waals surface area contributed by atoms with Gasteiger partial charge in [0.15, 0.2) is 0 Å². The molecule has 1 atom stereocenters. The number of carbonyl (C=O) groups excluding carboxylic acids is 1. The monoisotopic (exact) mass is 405 g/mol. The highest BCUT2D eigenvalue weighted by atomic mass is 32.2. The van der Waals surface area contributed by atoms with Crippen molar-refractivity contribution in [1.29, 1.82) is 0 Å². The van der Waals surface area contributed by atoms with Crippen LogP contribution in [0.3, 0.4) is 0 Å². The van der Waals surface area contributed by atoms with Crippen molar-refractivity contribution >= 4 is 26.8 Å². The summed E-state index contributed by atoms with van der Waals surface area (Å²) in [7, 11) is -3.58. The molecule has 1 amide bonds. The van der Waals surface area contributed by atoms with Crippen LogP contribution in [0.5, 0.6) is 0 Å². The number of nitrogens with zero attached hydrogens (tertiary/aromatic N) is 1. The van der Waals surface area contributed by atoms with Gasteiger partial charge in [-0.15, -0.1) is 0 Å². The highest BCUT2D eigenvalue weighted by Gasteiger charge is 2.33. The Morgan fingerprint density at radius 3 is 2.75 bits per heavy atom. The van der Waals surface area contributed by atoms with Gasteiger partial charge in [-0.05, 0) is 56.2 Å². The predicted molar refractivity (Wildman–Crippen MR) is 106 cm³/mol. The molecule has 4 rings (SSSR count). The van der Waals surface area contributed by atoms with E-state index in [0.29, 0.717) is 45.4 Å². The zero-order valence-electron chi connectivity index (χ0n) is 16.1. The lowest BCUT2D eigenvalue weighted by atomic mass is 9.85. The minimum absolute atomic E-state index is 0.0171. The SMILES string of the molecule is C[C@H]1COCCN1C(=O)[C@H]1CC[C@H](NS(=O)(=O)c2ccc3cc[nH]c3c2)CC1. The van der Waals surface area contributed by atoms with E-state index in [4.69, 9.17) is 4.74 Å². The number of rotatable bonds is 4. The summed E-state index contributed by atoms with van der Waals surface area (Å²) in [5.74, 6) is 0.172. The van der Waals surface area contributed by atoms with Crippen LogP contribution in [-0.2, 0) is 19.6 Å². The lowest BCUT2D eigenvalue weighted by Gasteiger charge is -2.37. The number of ether oxygens (including phenoxy) is 1. The van der Waals surface area contributed by atoms with Crippen LogP contribution in [0.2, 0.25) is 0 Å². The third kappa shape index (κ3) is 3.94. The summed E-state index contributed by atoms with van der Waals surface area (Å²) in [6.07, 6.45) is 4.58. The Morgan fingerprint density at radius 1 is 1.21 bits per heavy atom. The summed E-state index contributed by atoms with van der Waals surface area (Å²) in [6.45, 7) is 3.84. The number of aromatic amines is 1. The second-order valence-corrected chi connectivity index (χ2v) is 9.57. The quantitative estimate of drug-likeness (QED) is 0.816. The largest absolute Gasteiger partial charge is 0.377 e. The number of sulfonamides is 1. The third-order valence-electron chi connectivity index (χ3n) is 5.89. The van der Waals surface area contributed by atoms with Crippen LogP contribution in [-0.4, -0.2) is 56.1 Å². The Morgan fingerprint density at radius 2 is 2.00 bits per heavy atom. The molecular formula is C20H27N3O4S. The molecule has 0 unspecified atom stereocenters. The molecular weight excluding hydrogens is 378 g/mol. The minimum Gasteiger partial charge on any atom is -0.377 e. The van der Waals surface area contributed by atoms with Gasteiger partial charge >= 0.3 is 0 Å². The number of H-pyrrole nitrogens is 1. The summed E-state index contributed by atoms with van der Waals surface area (Å²) in [4.78, 5) is 18.0. The zero-order valence-corrected chi connectivity index (χ0v) is 16.9. The third-order valence-corrected chi connectivity index (χ3v) is 7.40. The standard InChI is InChI=1S/C20H27N3O4S/c1-14-13-27-11-10-23(14)20(24)16-2-5-17(6-3-16)22-28(25,26)18-7-4-15-8-9-21-19(15)12-18/h4,7-9,12,14,16-17,21-22H,2-3,5-6,10-11,13H2,1H3/t14-,16-,17-/m0/s1. The molecule has 0 bridgehead atoms. The predicted octanol–water partition coefficient (Wildman–Crippen LogP) is 2.25. The molecule has 2 N–H and O–H groups in total. The summed E-state index contributed by atoms with van der Waals surface area (Å²) >= 11 is 0. The fraction of sp³-hybridized carbons (Fsp3) is 0.550. The first-order chi connectivity index (χ1) is 13.4. The summed E-state index contributed by atoms with van der Waals surface area (Å²) in [6, 6.07) is 6.99. The van der Waals surface area contributed by atoms with Crippen LogP contribution >= 0.6 is 0 Å². The average molecular weight is 406 g/mol. The molecule has 1 saturated heterocycles. The first kappa shape index (κ1) is 19.4. The Hall–Kier alpha value is -1.90. The molecule has 1 aliphatic carbocycles. The molecule has 28 heavy (non-hydrogen) atoms. The van der Waals surface area contributed by atoms with Gasteiger partial charge in [-0.2, -0.15) is 0 Å². The maximum absolute atomic E-state index is 12.8. The van der Waals surface area contributed by atoms with E-state index < -0.39 is 10.0 Å². The highest BCUT2D eigenvalue weighted by molar-refractivity contribution is 7.89. The Bertz CT molecular complexity index is 947. The van der Waals surface area contributed by atoms with E-state index in [1.165, 1.54) is 0 Å². The van der Waals surface area contributed by atoms with E-state index in [9.17, 15) is 13.2 Å². The Balaban J connectivity index is 1.36. The second kappa shape index (κ2) is 7.85. The van der Waals surface area contributed by atoms with Crippen LogP contribution < -0.4 is 4.72 Å². The van der Waals surface area contributed by atoms with Gasteiger partial charge in [-0.3, -0.25) is 4.79 Å². The molecule has 0 spiro atoms. The molecule has 1 aliphatic heterocycles. The van der Waals surface area contributed by atoms with Crippen molar-refractivity contribution in [3.05, 3.63) is 30.5 Å². The molecule has 2 aliphatic rings. The molecule has 1 aromatic heterocycles. The summed E-state index contributed by atoms with van der Waals surface area (Å²) < 4.78 is 33.8. The van der Waals surface area contributed by atoms with E-state index in [0.717, 1.165) is 10.9 Å². The van der Waals surface area contributed by atoms with Crippen LogP contribution in [0.1, 0.15) is 32.6 Å². The number of aromatic nitrogens is 1. The van der Waals surface area contributed by atoms with Crippen LogP contribution in [0, 0.1) is 5.92 Å². The van der Waals surface area contributed by atoms with Gasteiger partial charge in [0.2, 0.25) is 15.9 Å². The Kier molecular flexibility index (Phi) is 5.44. The van der Waals surface area contributed by atoms with E-state index >= 15 is 0 Å². The smallest absolute Gasteiger partial charge is 0.240 e. The number of fused-ring (bicyclic) bond motifs is 1. The van der Waals surface area contributed by atoms with Crippen LogP contribution in [0.4, 0.5) is 0 Å². The lowest BCUT2D eigenvalue weighted by Crippen LogP contribution is -2.50. The van der Waals surface area contributed by atoms with E-state index in [1.807, 2.05) is 17.9 Å². The number of carbonyl (C=O) groups is 1. The first-order valence-corrected chi connectivity index (χ1v) is 11.4. The van der Waals surface area contributed by atoms with Crippen molar-refractivity contribution in [3.8, 4) is 0 Å². The number of nitrogens with one attached hydrogen (secondary N) is 2. The second-order valence-electron chi connectivity index (χ2n) is 7.85. The number of amides is 1. The Labute approximate surface area is 165 Å². The minimum atomic E-state index is -3.58. The van der Waals surface area contributed by atoms with Gasteiger partial charge in [0.1, 0.15) is 0 Å². The van der Waals surface area contributed by atoms with Crippen molar-refractivity contribution < 1.29 is 17.9 Å². The van der Waals surface area contributed by atoms with Crippen LogP contribution in [0.15, 0.2) is 35.4 Å². The van der Waals surface area contributed by atoms with Crippen molar-refractivity contribution in [3.63, 3.8) is 0 Å². The maximum Gasteiger partial charge on any atom is 0.240 e. The average Bonchev–Trinajstić information content (AvgIpc) is 3.16. The number of benzene rings is 1. The van der Waals surface area contributed by atoms with Gasteiger partial charge in [-0.1, -0.05) is 6.07 Å². The number of morpholine rings is 1. The summed E-state index contributed by atoms with van der Waals surface area (Å²) in [5, 5.41) is 0.982. The highest BCUT2D eigenvalue weighted by Crippen LogP contribution is 2.28. The van der Waals surface area contributed by atoms with Gasteiger partial charge in [0.05, 0.1) is 24.2 Å². The molecule has 0 radical (unpaired) electrons. The fourth-order valence-corrected chi connectivity index (χ4v) is 5.56. The van der Waals surface area contributed by atoms with E-state index in [1.54, 1.807) is 24.4 Å². The topological polar surface area (TPSA) is 91.5 Å². The lowest BCUT2D eigenvalue weighted by molar-refractivity contribution is -0.144. The number of hydrogen-bond acceptors (Lipinski definition) is 4. The van der Waals surface area contributed by atoms with Crippen molar-refractivity contribution in [1.82, 2.24) is 14.6 Å². The van der Waals surface area contributed by atoms with E-state index in [-0.39, 0.29) is 28.8 Å².